The summed E-state index contributed by atoms with van der Waals surface area (Å²) >= 11 is 0. The lowest BCUT2D eigenvalue weighted by atomic mass is 9.55. The fourth-order valence-electron chi connectivity index (χ4n) is 8.75. The molecule has 0 bridgehead atoms. The number of hydrogen-bond acceptors (Lipinski definition) is 2. The van der Waals surface area contributed by atoms with E-state index in [2.05, 4.69) is 171 Å². The largest absolute Gasteiger partial charge is 0.374 e. The van der Waals surface area contributed by atoms with Crippen molar-refractivity contribution in [2.75, 3.05) is 5.32 Å². The molecule has 0 saturated heterocycles. The summed E-state index contributed by atoms with van der Waals surface area (Å²) < 4.78 is 0. The number of nitriles is 1. The van der Waals surface area contributed by atoms with Crippen LogP contribution in [0.15, 0.2) is 183 Å². The molecule has 0 heterocycles. The predicted octanol–water partition coefficient (Wildman–Crippen LogP) is 12.6. The van der Waals surface area contributed by atoms with E-state index in [1.54, 1.807) is 6.08 Å². The minimum Gasteiger partial charge on any atom is -0.374 e. The van der Waals surface area contributed by atoms with Gasteiger partial charge in [-0.2, -0.15) is 5.26 Å². The molecule has 0 fully saturated rings. The first-order chi connectivity index (χ1) is 25.9. The number of nitrogens with zero attached hydrogens (tertiary/aromatic N) is 1. The van der Waals surface area contributed by atoms with Crippen LogP contribution in [0.25, 0.3) is 22.3 Å². The van der Waals surface area contributed by atoms with Gasteiger partial charge in [-0.25, -0.2) is 0 Å². The Morgan fingerprint density at radius 2 is 1.08 bits per heavy atom. The zero-order valence-corrected chi connectivity index (χ0v) is 30.5. The third kappa shape index (κ3) is 5.49. The van der Waals surface area contributed by atoms with Crippen molar-refractivity contribution in [2.24, 2.45) is 0 Å². The van der Waals surface area contributed by atoms with Crippen molar-refractivity contribution in [2.45, 2.75) is 37.6 Å². The zero-order valence-electron chi connectivity index (χ0n) is 30.5. The third-order valence-electron chi connectivity index (χ3n) is 11.1. The molecule has 2 nitrogen and oxygen atoms in total. The highest BCUT2D eigenvalue weighted by Gasteiger charge is 2.53. The predicted molar refractivity (Wildman–Crippen MR) is 220 cm³/mol. The van der Waals surface area contributed by atoms with Gasteiger partial charge in [0.2, 0.25) is 0 Å². The zero-order chi connectivity index (χ0) is 36.6. The molecule has 0 saturated carbocycles. The highest BCUT2D eigenvalue weighted by atomic mass is 14.9. The summed E-state index contributed by atoms with van der Waals surface area (Å²) in [5.41, 5.74) is 16.6. The minimum absolute atomic E-state index is 0.0679. The highest BCUT2D eigenvalue weighted by molar-refractivity contribution is 5.90. The molecule has 1 unspecified atom stereocenters. The number of rotatable bonds is 5. The van der Waals surface area contributed by atoms with E-state index < -0.39 is 0 Å². The molecular weight excluding hydrogens is 641 g/mol. The van der Waals surface area contributed by atoms with E-state index in [0.717, 1.165) is 16.8 Å². The summed E-state index contributed by atoms with van der Waals surface area (Å²) in [4.78, 5) is 0. The van der Waals surface area contributed by atoms with E-state index in [4.69, 9.17) is 0 Å². The quantitative estimate of drug-likeness (QED) is 0.183. The molecule has 9 rings (SSSR count). The van der Waals surface area contributed by atoms with Crippen LogP contribution in [0.2, 0.25) is 0 Å². The van der Waals surface area contributed by atoms with Gasteiger partial charge in [0, 0.05) is 11.1 Å². The van der Waals surface area contributed by atoms with Gasteiger partial charge >= 0.3 is 0 Å². The van der Waals surface area contributed by atoms with Crippen LogP contribution >= 0.6 is 0 Å². The second kappa shape index (κ2) is 13.6. The van der Waals surface area contributed by atoms with Crippen LogP contribution in [0.1, 0.15) is 76.9 Å². The molecule has 1 atom stereocenters. The number of allylic oxidation sites excluding steroid dienone is 1. The maximum atomic E-state index is 9.38. The van der Waals surface area contributed by atoms with Crippen LogP contribution in [0.4, 0.5) is 5.69 Å². The topological polar surface area (TPSA) is 35.8 Å². The van der Waals surface area contributed by atoms with Gasteiger partial charge in [0.1, 0.15) is 0 Å². The van der Waals surface area contributed by atoms with Crippen molar-refractivity contribution in [3.63, 3.8) is 0 Å². The lowest BCUT2D eigenvalue weighted by Crippen LogP contribution is -2.40. The molecule has 0 amide bonds. The Morgan fingerprint density at radius 3 is 1.72 bits per heavy atom. The second-order valence-electron chi connectivity index (χ2n) is 14.5. The second-order valence-corrected chi connectivity index (χ2v) is 14.5. The van der Waals surface area contributed by atoms with Crippen molar-refractivity contribution in [3.8, 4) is 28.3 Å². The standard InChI is InChI=1S/C48H36N2.C3H6/c1-47(2)42-19-8-10-21-44(42)48(45-22-11-9-20-43(45)47)40-18-7-6-17-38(40)39-30-36(27-28-41(39)48)35-15-12-16-37(29-35)50-46(33-13-4-3-5-14-33)34-25-23-32(31-49)24-26-34;1-3-2/h3-30,46,50H,1-2H3;3H,1H2,2H3. The normalized spacial score (nSPS) is 14.2. The van der Waals surface area contributed by atoms with Gasteiger partial charge in [0.25, 0.3) is 0 Å². The van der Waals surface area contributed by atoms with Gasteiger partial charge in [-0.15, -0.1) is 6.58 Å². The average Bonchev–Trinajstić information content (AvgIpc) is 3.50. The molecule has 1 N–H and O–H groups in total. The van der Waals surface area contributed by atoms with Crippen molar-refractivity contribution in [3.05, 3.63) is 233 Å². The number of fused-ring (bicyclic) bond motifs is 9. The molecule has 7 aromatic rings. The number of nitrogens with one attached hydrogen (secondary N) is 1. The monoisotopic (exact) mass is 682 g/mol. The van der Waals surface area contributed by atoms with Crippen LogP contribution in [0.5, 0.6) is 0 Å². The number of anilines is 1. The number of hydrogen-bond donors (Lipinski definition) is 1. The summed E-state index contributed by atoms with van der Waals surface area (Å²) in [5.74, 6) is 0. The summed E-state index contributed by atoms with van der Waals surface area (Å²) in [5, 5.41) is 13.2. The molecular formula is C51H42N2. The van der Waals surface area contributed by atoms with Gasteiger partial charge < -0.3 is 5.32 Å². The SMILES string of the molecule is C=CC.CC1(C)c2ccccc2C2(c3ccccc3-c3cc(-c4cccc(NC(c5ccccc5)c5ccc(C#N)cc5)c4)ccc32)c2ccccc21. The Kier molecular flexibility index (Phi) is 8.65. The van der Waals surface area contributed by atoms with E-state index in [-0.39, 0.29) is 16.9 Å². The van der Waals surface area contributed by atoms with Crippen LogP contribution < -0.4 is 5.32 Å². The van der Waals surface area contributed by atoms with Crippen LogP contribution in [0, 0.1) is 11.3 Å². The molecule has 0 radical (unpaired) electrons. The molecule has 53 heavy (non-hydrogen) atoms. The number of benzene rings is 7. The highest BCUT2D eigenvalue weighted by Crippen LogP contribution is 2.62. The first kappa shape index (κ1) is 33.7. The third-order valence-corrected chi connectivity index (χ3v) is 11.1. The van der Waals surface area contributed by atoms with Crippen molar-refractivity contribution in [1.29, 1.82) is 5.26 Å². The van der Waals surface area contributed by atoms with Gasteiger partial charge in [0.05, 0.1) is 23.1 Å². The average molecular weight is 683 g/mol. The molecule has 256 valence electrons. The van der Waals surface area contributed by atoms with E-state index in [1.165, 1.54) is 55.6 Å². The van der Waals surface area contributed by atoms with Gasteiger partial charge in [0.15, 0.2) is 0 Å². The molecule has 2 aliphatic carbocycles. The Bertz CT molecular complexity index is 2450. The first-order valence-electron chi connectivity index (χ1n) is 18.3. The first-order valence-corrected chi connectivity index (χ1v) is 18.3. The van der Waals surface area contributed by atoms with Crippen molar-refractivity contribution < 1.29 is 0 Å². The molecule has 2 heteroatoms. The van der Waals surface area contributed by atoms with Crippen molar-refractivity contribution >= 4 is 5.69 Å². The molecule has 0 aromatic heterocycles. The molecule has 0 aliphatic heterocycles. The van der Waals surface area contributed by atoms with Crippen LogP contribution in [0.3, 0.4) is 0 Å². The van der Waals surface area contributed by atoms with E-state index in [1.807, 2.05) is 37.3 Å². The smallest absolute Gasteiger partial charge is 0.0991 e. The van der Waals surface area contributed by atoms with Gasteiger partial charge in [-0.1, -0.05) is 159 Å². The molecule has 1 spiro atoms. The Balaban J connectivity index is 0.00000129. The maximum Gasteiger partial charge on any atom is 0.0991 e. The minimum atomic E-state index is -0.388. The lowest BCUT2D eigenvalue weighted by molar-refractivity contribution is 0.563. The van der Waals surface area contributed by atoms with E-state index >= 15 is 0 Å². The molecule has 2 aliphatic rings. The van der Waals surface area contributed by atoms with Crippen LogP contribution in [-0.4, -0.2) is 0 Å². The summed E-state index contributed by atoms with van der Waals surface area (Å²) in [6, 6.07) is 63.6. The molecule has 7 aromatic carbocycles. The van der Waals surface area contributed by atoms with E-state index in [9.17, 15) is 5.26 Å². The Labute approximate surface area is 313 Å². The maximum absolute atomic E-state index is 9.38. The Morgan fingerprint density at radius 1 is 0.547 bits per heavy atom. The van der Waals surface area contributed by atoms with Gasteiger partial charge in [-0.05, 0) is 104 Å². The Hall–Kier alpha value is -6.43. The summed E-state index contributed by atoms with van der Waals surface area (Å²) in [6.45, 7) is 9.99. The van der Waals surface area contributed by atoms with Crippen LogP contribution in [-0.2, 0) is 10.8 Å². The lowest BCUT2D eigenvalue weighted by Gasteiger charge is -2.46. The fourth-order valence-corrected chi connectivity index (χ4v) is 8.75. The summed E-state index contributed by atoms with van der Waals surface area (Å²) in [7, 11) is 0. The fraction of sp³-hybridized carbons (Fsp3) is 0.118. The summed E-state index contributed by atoms with van der Waals surface area (Å²) in [6.07, 6.45) is 1.75. The van der Waals surface area contributed by atoms with E-state index in [0.29, 0.717) is 5.56 Å². The van der Waals surface area contributed by atoms with Gasteiger partial charge in [-0.3, -0.25) is 0 Å². The van der Waals surface area contributed by atoms with Crippen molar-refractivity contribution in [1.82, 2.24) is 0 Å².